The first-order valence-corrected chi connectivity index (χ1v) is 5.76. The molecule has 0 spiro atoms. The summed E-state index contributed by atoms with van der Waals surface area (Å²) in [5.41, 5.74) is 1.28. The summed E-state index contributed by atoms with van der Waals surface area (Å²) in [7, 11) is 0. The predicted octanol–water partition coefficient (Wildman–Crippen LogP) is 2.03. The quantitative estimate of drug-likeness (QED) is 0.566. The summed E-state index contributed by atoms with van der Waals surface area (Å²) in [5.74, 6) is 0. The molecule has 1 aliphatic rings. The van der Waals surface area contributed by atoms with Crippen molar-refractivity contribution in [1.29, 1.82) is 0 Å². The SMILES string of the molecule is [C-]#[O+].[C-]#[O+].[C-]#[O+].[C-]#[O+].[C-]#[O+].[Cr]=[C]1CCC(c2ccccc2)O1. The van der Waals surface area contributed by atoms with Crippen molar-refractivity contribution in [2.75, 3.05) is 0 Å². The fourth-order valence-corrected chi connectivity index (χ4v) is 1.79. The summed E-state index contributed by atoms with van der Waals surface area (Å²) in [6.07, 6.45) is 2.44. The zero-order valence-electron chi connectivity index (χ0n) is 11.2. The molecule has 6 nitrogen and oxygen atoms in total. The Hall–Kier alpha value is -1.72. The molecule has 0 radical (unpaired) electrons. The van der Waals surface area contributed by atoms with Gasteiger partial charge in [0.1, 0.15) is 0 Å². The first kappa shape index (κ1) is 28.4. The topological polar surface area (TPSA) is 109 Å². The van der Waals surface area contributed by atoms with E-state index >= 15 is 0 Å². The first-order valence-electron chi connectivity index (χ1n) is 5.13. The molecule has 0 amide bonds. The zero-order valence-corrected chi connectivity index (χ0v) is 12.5. The molecule has 1 atom stereocenters. The van der Waals surface area contributed by atoms with Crippen LogP contribution in [0.25, 0.3) is 0 Å². The van der Waals surface area contributed by atoms with Crippen molar-refractivity contribution in [3.8, 4) is 0 Å². The van der Waals surface area contributed by atoms with Gasteiger partial charge in [0.25, 0.3) is 0 Å². The van der Waals surface area contributed by atoms with Gasteiger partial charge in [-0.25, -0.2) is 0 Å². The van der Waals surface area contributed by atoms with Crippen LogP contribution in [0, 0.1) is 33.3 Å². The number of rotatable bonds is 1. The molecule has 1 aromatic rings. The second-order valence-corrected chi connectivity index (χ2v) is 3.64. The van der Waals surface area contributed by atoms with Gasteiger partial charge in [-0.1, -0.05) is 0 Å². The number of hydrogen-bond donors (Lipinski definition) is 0. The van der Waals surface area contributed by atoms with Crippen LogP contribution in [0.5, 0.6) is 0 Å². The minimum atomic E-state index is 0.280. The van der Waals surface area contributed by atoms with Crippen molar-refractivity contribution >= 4 is 4.57 Å². The third-order valence-corrected chi connectivity index (χ3v) is 2.52. The molecule has 1 unspecified atom stereocenters. The van der Waals surface area contributed by atoms with Gasteiger partial charge in [0.05, 0.1) is 0 Å². The summed E-state index contributed by atoms with van der Waals surface area (Å²) >= 11 is 2.93. The molecule has 0 N–H and O–H groups in total. The average Bonchev–Trinajstić information content (AvgIpc) is 3.11. The van der Waals surface area contributed by atoms with E-state index < -0.39 is 0 Å². The second kappa shape index (κ2) is 27.6. The van der Waals surface area contributed by atoms with E-state index in [0.29, 0.717) is 0 Å². The van der Waals surface area contributed by atoms with Gasteiger partial charge in [-0.05, 0) is 0 Å². The maximum absolute atomic E-state index is 7.50. The Bertz CT molecular complexity index is 437. The monoisotopic (exact) mass is 338 g/mol. The van der Waals surface area contributed by atoms with Crippen molar-refractivity contribution < 1.29 is 43.8 Å². The molecule has 1 aliphatic heterocycles. The van der Waals surface area contributed by atoms with Crippen LogP contribution in [0.1, 0.15) is 24.5 Å². The van der Waals surface area contributed by atoms with Crippen LogP contribution in [0.3, 0.4) is 0 Å². The molecule has 112 valence electrons. The van der Waals surface area contributed by atoms with E-state index in [1.54, 1.807) is 0 Å². The van der Waals surface area contributed by atoms with Gasteiger partial charge in [-0.2, -0.15) is 0 Å². The van der Waals surface area contributed by atoms with E-state index in [4.69, 9.17) is 28.0 Å². The summed E-state index contributed by atoms with van der Waals surface area (Å²) in [6, 6.07) is 10.4. The van der Waals surface area contributed by atoms with Gasteiger partial charge >= 0.3 is 137 Å². The van der Waals surface area contributed by atoms with Crippen molar-refractivity contribution in [3.63, 3.8) is 0 Å². The Morgan fingerprint density at radius 1 is 0.818 bits per heavy atom. The van der Waals surface area contributed by atoms with E-state index in [1.807, 2.05) is 6.07 Å². The summed E-state index contributed by atoms with van der Waals surface area (Å²) < 4.78 is 44.2. The first-order chi connectivity index (χ1) is 10.9. The fraction of sp³-hybridized carbons (Fsp3) is 0.200. The standard InChI is InChI=1S/C10H10O.5CO.Cr/c1-2-5-9(6-3-1)10-7-4-8-11-10;5*1-2;/h1-3,5-6,10H,4,7H2;;;;;;. The van der Waals surface area contributed by atoms with Crippen LogP contribution in [0.15, 0.2) is 30.3 Å². The Labute approximate surface area is 137 Å². The van der Waals surface area contributed by atoms with Crippen LogP contribution >= 0.6 is 0 Å². The van der Waals surface area contributed by atoms with E-state index in [0.717, 1.165) is 17.4 Å². The zero-order chi connectivity index (χ0) is 18.4. The predicted molar refractivity (Wildman–Crippen MR) is 64.2 cm³/mol. The van der Waals surface area contributed by atoms with Gasteiger partial charge in [-0.3, -0.25) is 0 Å². The number of hydrogen-bond acceptors (Lipinski definition) is 1. The summed E-state index contributed by atoms with van der Waals surface area (Å²) in [5, 5.41) is 0. The molecule has 0 aliphatic carbocycles. The normalized spacial score (nSPS) is 13.0. The van der Waals surface area contributed by atoms with Crippen LogP contribution in [0.4, 0.5) is 0 Å². The molecule has 0 saturated carbocycles. The molecule has 2 rings (SSSR count). The molecule has 0 bridgehead atoms. The molecule has 22 heavy (non-hydrogen) atoms. The number of ether oxygens (including phenoxy) is 1. The van der Waals surface area contributed by atoms with E-state index in [2.05, 4.69) is 73.4 Å². The molecular formula is C15H10CrO6. The van der Waals surface area contributed by atoms with Crippen molar-refractivity contribution in [2.45, 2.75) is 18.9 Å². The molecule has 1 aromatic carbocycles. The van der Waals surface area contributed by atoms with E-state index in [9.17, 15) is 0 Å². The van der Waals surface area contributed by atoms with Crippen LogP contribution in [-0.4, -0.2) is 4.57 Å². The van der Waals surface area contributed by atoms with E-state index in [-0.39, 0.29) is 6.10 Å². The van der Waals surface area contributed by atoms with Crippen LogP contribution in [-0.2, 0) is 43.8 Å². The van der Waals surface area contributed by atoms with Gasteiger partial charge in [-0.15, -0.1) is 0 Å². The van der Waals surface area contributed by atoms with Gasteiger partial charge in [0, 0.05) is 0 Å². The van der Waals surface area contributed by atoms with Crippen molar-refractivity contribution in [2.24, 2.45) is 0 Å². The molecular weight excluding hydrogens is 328 g/mol. The third kappa shape index (κ3) is 14.7. The Kier molecular flexibility index (Phi) is 35.7. The Balaban J connectivity index is -0.000000139. The van der Waals surface area contributed by atoms with Gasteiger partial charge in [0.2, 0.25) is 0 Å². The number of benzene rings is 1. The average molecular weight is 338 g/mol. The molecule has 1 fully saturated rings. The van der Waals surface area contributed by atoms with Crippen LogP contribution < -0.4 is 0 Å². The van der Waals surface area contributed by atoms with Crippen molar-refractivity contribution in [1.82, 2.24) is 0 Å². The Morgan fingerprint density at radius 2 is 1.23 bits per heavy atom. The minimum absolute atomic E-state index is 0.280. The summed E-state index contributed by atoms with van der Waals surface area (Å²) in [6.45, 7) is 22.5. The third-order valence-electron chi connectivity index (χ3n) is 2.06. The van der Waals surface area contributed by atoms with E-state index in [1.165, 1.54) is 5.56 Å². The Morgan fingerprint density at radius 3 is 1.55 bits per heavy atom. The molecule has 7 heteroatoms. The molecule has 1 saturated heterocycles. The maximum atomic E-state index is 7.50. The molecule has 0 aromatic heterocycles. The van der Waals surface area contributed by atoms with Gasteiger partial charge < -0.3 is 0 Å². The second-order valence-electron chi connectivity index (χ2n) is 2.93. The van der Waals surface area contributed by atoms with Crippen LogP contribution in [0.2, 0.25) is 0 Å². The fourth-order valence-electron chi connectivity index (χ4n) is 1.43. The van der Waals surface area contributed by atoms with Gasteiger partial charge in [0.15, 0.2) is 0 Å². The van der Waals surface area contributed by atoms with Crippen molar-refractivity contribution in [3.05, 3.63) is 69.1 Å². The summed E-state index contributed by atoms with van der Waals surface area (Å²) in [4.78, 5) is 0. The molecule has 1 heterocycles.